The number of hydrogen-bond donors (Lipinski definition) is 0. The number of carbonyl (C=O) groups excluding carboxylic acids is 1. The molecule has 2 saturated carbocycles. The highest BCUT2D eigenvalue weighted by Crippen LogP contribution is 2.36. The molecule has 0 saturated heterocycles. The van der Waals surface area contributed by atoms with Gasteiger partial charge in [-0.15, -0.1) is 0 Å². The van der Waals surface area contributed by atoms with Crippen LogP contribution in [0, 0.1) is 22.7 Å². The average molecular weight is 262 g/mol. The van der Waals surface area contributed by atoms with E-state index >= 15 is 0 Å². The minimum Gasteiger partial charge on any atom is -0.344 e. The van der Waals surface area contributed by atoms with Crippen LogP contribution in [0.1, 0.15) is 64.2 Å². The molecule has 2 aliphatic carbocycles. The summed E-state index contributed by atoms with van der Waals surface area (Å²) in [7, 11) is 1.89. The van der Waals surface area contributed by atoms with Crippen LogP contribution >= 0.6 is 0 Å². The predicted molar refractivity (Wildman–Crippen MR) is 75.3 cm³/mol. The second-order valence-corrected chi connectivity index (χ2v) is 6.44. The van der Waals surface area contributed by atoms with Crippen LogP contribution in [0.3, 0.4) is 0 Å². The van der Waals surface area contributed by atoms with Gasteiger partial charge in [0.05, 0.1) is 6.07 Å². The highest BCUT2D eigenvalue weighted by Gasteiger charge is 2.41. The Balaban J connectivity index is 2.00. The summed E-state index contributed by atoms with van der Waals surface area (Å²) in [4.78, 5) is 14.5. The fourth-order valence-electron chi connectivity index (χ4n) is 3.73. The first-order valence-corrected chi connectivity index (χ1v) is 7.85. The molecule has 0 radical (unpaired) electrons. The molecule has 19 heavy (non-hydrogen) atoms. The lowest BCUT2D eigenvalue weighted by Crippen LogP contribution is -2.42. The molecule has 0 spiro atoms. The van der Waals surface area contributed by atoms with Crippen LogP contribution in [0.4, 0.5) is 0 Å². The van der Waals surface area contributed by atoms with Crippen molar-refractivity contribution >= 4 is 5.91 Å². The zero-order valence-electron chi connectivity index (χ0n) is 12.2. The molecule has 0 bridgehead atoms. The Morgan fingerprint density at radius 1 is 1.16 bits per heavy atom. The van der Waals surface area contributed by atoms with Crippen molar-refractivity contribution in [3.05, 3.63) is 0 Å². The van der Waals surface area contributed by atoms with Gasteiger partial charge < -0.3 is 4.90 Å². The van der Waals surface area contributed by atoms with E-state index in [4.69, 9.17) is 0 Å². The van der Waals surface area contributed by atoms with Crippen LogP contribution in [0.15, 0.2) is 0 Å². The summed E-state index contributed by atoms with van der Waals surface area (Å²) in [6, 6.07) is 2.37. The van der Waals surface area contributed by atoms with E-state index in [1.807, 2.05) is 11.9 Å². The van der Waals surface area contributed by atoms with Gasteiger partial charge in [-0.05, 0) is 31.6 Å². The topological polar surface area (TPSA) is 44.1 Å². The summed E-state index contributed by atoms with van der Waals surface area (Å²) in [6.07, 6.45) is 11.0. The molecule has 3 heteroatoms. The van der Waals surface area contributed by atoms with Gasteiger partial charge in [0.1, 0.15) is 5.41 Å². The number of amides is 1. The monoisotopic (exact) mass is 262 g/mol. The molecular weight excluding hydrogens is 236 g/mol. The lowest BCUT2D eigenvalue weighted by molar-refractivity contribution is -0.139. The smallest absolute Gasteiger partial charge is 0.242 e. The number of hydrogen-bond acceptors (Lipinski definition) is 2. The summed E-state index contributed by atoms with van der Waals surface area (Å²) in [5.74, 6) is 0.749. The molecule has 3 nitrogen and oxygen atoms in total. The SMILES string of the molecule is CN(CC1CCCC1)C(=O)C1(C#N)CCCCCC1. The van der Waals surface area contributed by atoms with Crippen LogP contribution in [-0.2, 0) is 4.79 Å². The van der Waals surface area contributed by atoms with Crippen molar-refractivity contribution in [3.8, 4) is 6.07 Å². The number of carbonyl (C=O) groups is 1. The van der Waals surface area contributed by atoms with E-state index < -0.39 is 5.41 Å². The largest absolute Gasteiger partial charge is 0.344 e. The molecule has 2 aliphatic rings. The maximum Gasteiger partial charge on any atom is 0.242 e. The Morgan fingerprint density at radius 2 is 1.74 bits per heavy atom. The normalized spacial score (nSPS) is 23.6. The third-order valence-electron chi connectivity index (χ3n) is 4.93. The van der Waals surface area contributed by atoms with E-state index in [0.29, 0.717) is 5.92 Å². The van der Waals surface area contributed by atoms with Gasteiger partial charge in [-0.2, -0.15) is 5.26 Å². The van der Waals surface area contributed by atoms with Crippen molar-refractivity contribution in [2.45, 2.75) is 64.2 Å². The van der Waals surface area contributed by atoms with Crippen molar-refractivity contribution in [3.63, 3.8) is 0 Å². The molecule has 0 atom stereocenters. The second kappa shape index (κ2) is 6.41. The van der Waals surface area contributed by atoms with Crippen molar-refractivity contribution in [2.75, 3.05) is 13.6 Å². The Kier molecular flexibility index (Phi) is 4.85. The Labute approximate surface area is 117 Å². The number of rotatable bonds is 3. The first kappa shape index (κ1) is 14.4. The zero-order chi connectivity index (χ0) is 13.7. The second-order valence-electron chi connectivity index (χ2n) is 6.44. The zero-order valence-corrected chi connectivity index (χ0v) is 12.2. The quantitative estimate of drug-likeness (QED) is 0.731. The van der Waals surface area contributed by atoms with Crippen molar-refractivity contribution < 1.29 is 4.79 Å². The summed E-state index contributed by atoms with van der Waals surface area (Å²) >= 11 is 0. The molecule has 0 aliphatic heterocycles. The van der Waals surface area contributed by atoms with E-state index in [2.05, 4.69) is 6.07 Å². The number of nitrogens with zero attached hydrogens (tertiary/aromatic N) is 2. The fraction of sp³-hybridized carbons (Fsp3) is 0.875. The van der Waals surface area contributed by atoms with Crippen molar-refractivity contribution in [1.29, 1.82) is 5.26 Å². The van der Waals surface area contributed by atoms with E-state index in [1.165, 1.54) is 38.5 Å². The van der Waals surface area contributed by atoms with Gasteiger partial charge in [0, 0.05) is 13.6 Å². The van der Waals surface area contributed by atoms with Gasteiger partial charge >= 0.3 is 0 Å². The van der Waals surface area contributed by atoms with Crippen LogP contribution in [0.2, 0.25) is 0 Å². The highest BCUT2D eigenvalue weighted by molar-refractivity contribution is 5.85. The first-order chi connectivity index (χ1) is 9.18. The minimum atomic E-state index is -0.718. The maximum absolute atomic E-state index is 12.7. The Hall–Kier alpha value is -1.04. The standard InChI is InChI=1S/C16H26N2O/c1-18(12-14-8-4-5-9-14)15(19)16(13-17)10-6-2-3-7-11-16/h14H,2-12H2,1H3. The third kappa shape index (κ3) is 3.29. The maximum atomic E-state index is 12.7. The lowest BCUT2D eigenvalue weighted by atomic mass is 9.80. The molecule has 2 fully saturated rings. The molecule has 0 aromatic carbocycles. The Morgan fingerprint density at radius 3 is 2.26 bits per heavy atom. The highest BCUT2D eigenvalue weighted by atomic mass is 16.2. The third-order valence-corrected chi connectivity index (χ3v) is 4.93. The van der Waals surface area contributed by atoms with Gasteiger partial charge in [-0.25, -0.2) is 0 Å². The summed E-state index contributed by atoms with van der Waals surface area (Å²) in [5.41, 5.74) is -0.718. The molecule has 0 N–H and O–H groups in total. The Bertz CT molecular complexity index is 344. The van der Waals surface area contributed by atoms with Gasteiger partial charge in [0.15, 0.2) is 0 Å². The summed E-state index contributed by atoms with van der Waals surface area (Å²) < 4.78 is 0. The van der Waals surface area contributed by atoms with Gasteiger partial charge in [0.25, 0.3) is 0 Å². The first-order valence-electron chi connectivity index (χ1n) is 7.85. The molecule has 2 rings (SSSR count). The predicted octanol–water partition coefficient (Wildman–Crippen LogP) is 3.50. The molecule has 0 aromatic rings. The van der Waals surface area contributed by atoms with Crippen molar-refractivity contribution in [2.24, 2.45) is 11.3 Å². The molecule has 0 aromatic heterocycles. The molecular formula is C16H26N2O. The van der Waals surface area contributed by atoms with Crippen LogP contribution in [0.5, 0.6) is 0 Å². The van der Waals surface area contributed by atoms with Gasteiger partial charge in [-0.1, -0.05) is 38.5 Å². The summed E-state index contributed by atoms with van der Waals surface area (Å²) in [6.45, 7) is 0.849. The van der Waals surface area contributed by atoms with Crippen LogP contribution < -0.4 is 0 Å². The number of nitriles is 1. The lowest BCUT2D eigenvalue weighted by Gasteiger charge is -2.30. The van der Waals surface area contributed by atoms with Gasteiger partial charge in [0.2, 0.25) is 5.91 Å². The molecule has 0 heterocycles. The van der Waals surface area contributed by atoms with Gasteiger partial charge in [-0.3, -0.25) is 4.79 Å². The van der Waals surface area contributed by atoms with Crippen LogP contribution in [0.25, 0.3) is 0 Å². The van der Waals surface area contributed by atoms with Crippen molar-refractivity contribution in [1.82, 2.24) is 4.90 Å². The van der Waals surface area contributed by atoms with E-state index in [-0.39, 0.29) is 5.91 Å². The van der Waals surface area contributed by atoms with E-state index in [1.54, 1.807) is 0 Å². The molecule has 0 unspecified atom stereocenters. The molecule has 1 amide bonds. The average Bonchev–Trinajstić information content (AvgIpc) is 2.80. The van der Waals surface area contributed by atoms with E-state index in [0.717, 1.165) is 32.2 Å². The fourth-order valence-corrected chi connectivity index (χ4v) is 3.73. The van der Waals surface area contributed by atoms with E-state index in [9.17, 15) is 10.1 Å². The summed E-state index contributed by atoms with van der Waals surface area (Å²) in [5, 5.41) is 9.55. The van der Waals surface area contributed by atoms with Crippen LogP contribution in [-0.4, -0.2) is 24.4 Å². The minimum absolute atomic E-state index is 0.0869. The molecule has 106 valence electrons.